The minimum Gasteiger partial charge on any atom is -0.288 e. The lowest BCUT2D eigenvalue weighted by Gasteiger charge is -2.09. The molecule has 0 aliphatic rings. The number of carbonyl (C=O) groups is 2. The molecule has 23 heavy (non-hydrogen) atoms. The Morgan fingerprint density at radius 3 is 2.35 bits per heavy atom. The van der Waals surface area contributed by atoms with Crippen molar-refractivity contribution in [2.75, 3.05) is 0 Å². The Morgan fingerprint density at radius 2 is 1.74 bits per heavy atom. The first-order valence-corrected chi connectivity index (χ1v) is 7.39. The molecule has 1 N–H and O–H groups in total. The number of imide groups is 1. The van der Waals surface area contributed by atoms with Crippen LogP contribution in [-0.4, -0.2) is 11.8 Å². The molecule has 2 aromatic rings. The summed E-state index contributed by atoms with van der Waals surface area (Å²) in [6, 6.07) is 16.3. The number of nitrogens with one attached hydrogen (secondary N) is 1. The molecule has 0 heterocycles. The minimum atomic E-state index is -0.497. The van der Waals surface area contributed by atoms with Crippen molar-refractivity contribution in [1.29, 1.82) is 0 Å². The minimum absolute atomic E-state index is 0.272. The molecule has 2 aromatic carbocycles. The molecule has 0 aromatic heterocycles. The Balaban J connectivity index is 2.42. The van der Waals surface area contributed by atoms with Gasteiger partial charge in [0.2, 0.25) is 0 Å². The van der Waals surface area contributed by atoms with Crippen molar-refractivity contribution in [3.8, 4) is 0 Å². The fourth-order valence-corrected chi connectivity index (χ4v) is 2.14. The highest BCUT2D eigenvalue weighted by molar-refractivity contribution is 6.31. The first kappa shape index (κ1) is 16.7. The van der Waals surface area contributed by atoms with Gasteiger partial charge >= 0.3 is 0 Å². The van der Waals surface area contributed by atoms with E-state index in [-0.39, 0.29) is 5.57 Å². The summed E-state index contributed by atoms with van der Waals surface area (Å²) >= 11 is 5.98. The summed E-state index contributed by atoms with van der Waals surface area (Å²) in [7, 11) is 0. The van der Waals surface area contributed by atoms with Gasteiger partial charge in [0, 0.05) is 16.2 Å². The molecular formula is C19H16ClNO2. The van der Waals surface area contributed by atoms with Gasteiger partial charge in [0.05, 0.1) is 0 Å². The Labute approximate surface area is 140 Å². The third kappa shape index (κ3) is 4.66. The molecule has 0 radical (unpaired) electrons. The van der Waals surface area contributed by atoms with E-state index in [1.54, 1.807) is 43.3 Å². The number of halogens is 1. The van der Waals surface area contributed by atoms with Crippen LogP contribution in [0.5, 0.6) is 0 Å². The van der Waals surface area contributed by atoms with Crippen molar-refractivity contribution >= 4 is 35.1 Å². The number of amides is 2. The predicted octanol–water partition coefficient (Wildman–Crippen LogP) is 4.10. The molecule has 0 fully saturated rings. The Kier molecular flexibility index (Phi) is 5.50. The van der Waals surface area contributed by atoms with E-state index >= 15 is 0 Å². The van der Waals surface area contributed by atoms with Gasteiger partial charge in [-0.25, -0.2) is 0 Å². The molecule has 0 aliphatic carbocycles. The van der Waals surface area contributed by atoms with Gasteiger partial charge in [-0.2, -0.15) is 0 Å². The summed E-state index contributed by atoms with van der Waals surface area (Å²) in [4.78, 5) is 24.2. The summed E-state index contributed by atoms with van der Waals surface area (Å²) in [6.45, 7) is 5.08. The third-order valence-corrected chi connectivity index (χ3v) is 3.34. The molecule has 0 atom stereocenters. The van der Waals surface area contributed by atoms with Gasteiger partial charge in [-0.3, -0.25) is 14.9 Å². The maximum Gasteiger partial charge on any atom is 0.258 e. The topological polar surface area (TPSA) is 46.2 Å². The molecule has 0 saturated carbocycles. The Morgan fingerprint density at radius 1 is 1.04 bits per heavy atom. The van der Waals surface area contributed by atoms with E-state index in [1.165, 1.54) is 0 Å². The van der Waals surface area contributed by atoms with Crippen LogP contribution in [0.25, 0.3) is 11.6 Å². The highest BCUT2D eigenvalue weighted by Crippen LogP contribution is 2.20. The molecule has 0 unspecified atom stereocenters. The smallest absolute Gasteiger partial charge is 0.258 e. The van der Waals surface area contributed by atoms with Crippen LogP contribution in [0.3, 0.4) is 0 Å². The Bertz CT molecular complexity index is 779. The monoisotopic (exact) mass is 325 g/mol. The fraction of sp³-hybridized carbons (Fsp3) is 0.0526. The van der Waals surface area contributed by atoms with Crippen LogP contribution in [0, 0.1) is 0 Å². The van der Waals surface area contributed by atoms with E-state index in [0.717, 1.165) is 5.56 Å². The first-order chi connectivity index (χ1) is 11.0. The van der Waals surface area contributed by atoms with E-state index < -0.39 is 11.8 Å². The molecule has 0 aliphatic heterocycles. The number of hydrogen-bond donors (Lipinski definition) is 1. The molecule has 3 nitrogen and oxygen atoms in total. The van der Waals surface area contributed by atoms with E-state index in [4.69, 9.17) is 11.6 Å². The summed E-state index contributed by atoms with van der Waals surface area (Å²) in [6.07, 6.45) is 1.70. The zero-order chi connectivity index (χ0) is 16.8. The molecule has 0 spiro atoms. The van der Waals surface area contributed by atoms with Crippen LogP contribution < -0.4 is 5.32 Å². The number of hydrogen-bond acceptors (Lipinski definition) is 2. The van der Waals surface area contributed by atoms with Crippen LogP contribution in [0.15, 0.2) is 66.7 Å². The van der Waals surface area contributed by atoms with Crippen LogP contribution in [-0.2, 0) is 9.59 Å². The van der Waals surface area contributed by atoms with Gasteiger partial charge in [0.15, 0.2) is 0 Å². The quantitative estimate of drug-likeness (QED) is 0.679. The largest absolute Gasteiger partial charge is 0.288 e. The summed E-state index contributed by atoms with van der Waals surface area (Å²) < 4.78 is 0. The first-order valence-electron chi connectivity index (χ1n) is 7.01. The molecule has 0 bridgehead atoms. The van der Waals surface area contributed by atoms with Crippen LogP contribution in [0.1, 0.15) is 18.1 Å². The van der Waals surface area contributed by atoms with Gasteiger partial charge in [-0.15, -0.1) is 0 Å². The van der Waals surface area contributed by atoms with E-state index in [9.17, 15) is 9.59 Å². The number of carbonyl (C=O) groups excluding carboxylic acids is 2. The lowest BCUT2D eigenvalue weighted by Crippen LogP contribution is -2.31. The van der Waals surface area contributed by atoms with Gasteiger partial charge in [0.25, 0.3) is 11.8 Å². The normalized spacial score (nSPS) is 11.0. The zero-order valence-electron chi connectivity index (χ0n) is 12.7. The maximum atomic E-state index is 12.5. The standard InChI is InChI=1S/C19H16ClNO2/c1-13(2)18(22)21-19(23)17(15-8-4-3-5-9-15)12-14-7-6-10-16(20)11-14/h3-12H,1H2,2H3,(H,21,22,23)/b17-12+. The van der Waals surface area contributed by atoms with Crippen molar-refractivity contribution in [1.82, 2.24) is 5.32 Å². The zero-order valence-corrected chi connectivity index (χ0v) is 13.4. The second kappa shape index (κ2) is 7.56. The lowest BCUT2D eigenvalue weighted by atomic mass is 10.0. The molecule has 0 saturated heterocycles. The third-order valence-electron chi connectivity index (χ3n) is 3.10. The lowest BCUT2D eigenvalue weighted by molar-refractivity contribution is -0.125. The molecule has 2 rings (SSSR count). The Hall–Kier alpha value is -2.65. The average molecular weight is 326 g/mol. The second-order valence-corrected chi connectivity index (χ2v) is 5.48. The summed E-state index contributed by atoms with van der Waals surface area (Å²) in [5.74, 6) is -0.980. The van der Waals surface area contributed by atoms with Crippen molar-refractivity contribution in [3.05, 3.63) is 82.9 Å². The molecule has 116 valence electrons. The SMILES string of the molecule is C=C(C)C(=O)NC(=O)/C(=C/c1cccc(Cl)c1)c1ccccc1. The molecule has 4 heteroatoms. The summed E-state index contributed by atoms with van der Waals surface area (Å²) in [5.41, 5.74) is 2.13. The van der Waals surface area contributed by atoms with Gasteiger partial charge < -0.3 is 0 Å². The van der Waals surface area contributed by atoms with Crippen molar-refractivity contribution in [3.63, 3.8) is 0 Å². The van der Waals surface area contributed by atoms with Gasteiger partial charge in [0.1, 0.15) is 0 Å². The van der Waals surface area contributed by atoms with Crippen molar-refractivity contribution in [2.45, 2.75) is 6.92 Å². The molecule has 2 amide bonds. The van der Waals surface area contributed by atoms with Crippen molar-refractivity contribution in [2.24, 2.45) is 0 Å². The maximum absolute atomic E-state index is 12.5. The number of benzene rings is 2. The van der Waals surface area contributed by atoms with Gasteiger partial charge in [-0.05, 0) is 36.3 Å². The van der Waals surface area contributed by atoms with Crippen LogP contribution in [0.2, 0.25) is 5.02 Å². The highest BCUT2D eigenvalue weighted by atomic mass is 35.5. The average Bonchev–Trinajstić information content (AvgIpc) is 2.53. The van der Waals surface area contributed by atoms with E-state index in [0.29, 0.717) is 16.2 Å². The van der Waals surface area contributed by atoms with Crippen LogP contribution >= 0.6 is 11.6 Å². The fourth-order valence-electron chi connectivity index (χ4n) is 1.94. The molecular weight excluding hydrogens is 310 g/mol. The predicted molar refractivity (Wildman–Crippen MR) is 93.7 cm³/mol. The van der Waals surface area contributed by atoms with Crippen molar-refractivity contribution < 1.29 is 9.59 Å². The van der Waals surface area contributed by atoms with Gasteiger partial charge in [-0.1, -0.05) is 60.6 Å². The highest BCUT2D eigenvalue weighted by Gasteiger charge is 2.15. The van der Waals surface area contributed by atoms with Crippen LogP contribution in [0.4, 0.5) is 0 Å². The van der Waals surface area contributed by atoms with E-state index in [2.05, 4.69) is 11.9 Å². The second-order valence-electron chi connectivity index (χ2n) is 5.04. The van der Waals surface area contributed by atoms with E-state index in [1.807, 2.05) is 24.3 Å². The summed E-state index contributed by atoms with van der Waals surface area (Å²) in [5, 5.41) is 2.91. The number of rotatable bonds is 4.